The van der Waals surface area contributed by atoms with E-state index >= 15 is 0 Å². The zero-order chi connectivity index (χ0) is 28.2. The number of Topliss-reactive ketones (excluding diaryl/α,β-unsaturated/α-hetero) is 1. The highest BCUT2D eigenvalue weighted by Gasteiger charge is 2.66. The zero-order valence-electron chi connectivity index (χ0n) is 25.3. The SMILES string of the molecule is CC(C)[C@@H](C)/C=C/[C@@H](C)C1CCC2C3=CC[C@H]4CC(OC(=O)c5ccccc5)CCC4(C)[C@@]3(C)C(=O)CC21C. The van der Waals surface area contributed by atoms with Crippen LogP contribution in [-0.4, -0.2) is 17.9 Å². The maximum absolute atomic E-state index is 14.4. The van der Waals surface area contributed by atoms with E-state index in [1.807, 2.05) is 30.3 Å². The lowest BCUT2D eigenvalue weighted by molar-refractivity contribution is -0.151. The van der Waals surface area contributed by atoms with Crippen LogP contribution in [0.2, 0.25) is 0 Å². The van der Waals surface area contributed by atoms with Crippen LogP contribution < -0.4 is 0 Å². The van der Waals surface area contributed by atoms with Crippen molar-refractivity contribution in [1.29, 1.82) is 0 Å². The largest absolute Gasteiger partial charge is 0.459 e. The number of ketones is 1. The molecule has 4 aliphatic carbocycles. The van der Waals surface area contributed by atoms with Crippen LogP contribution in [-0.2, 0) is 9.53 Å². The molecule has 4 aliphatic rings. The van der Waals surface area contributed by atoms with Gasteiger partial charge in [0.1, 0.15) is 11.9 Å². The molecule has 1 aromatic rings. The molecular formula is C36H50O3. The van der Waals surface area contributed by atoms with Crippen molar-refractivity contribution in [3.05, 3.63) is 59.7 Å². The molecule has 3 fully saturated rings. The Morgan fingerprint density at radius 2 is 1.72 bits per heavy atom. The summed E-state index contributed by atoms with van der Waals surface area (Å²) in [7, 11) is 0. The summed E-state index contributed by atoms with van der Waals surface area (Å²) in [5, 5.41) is 0. The monoisotopic (exact) mass is 530 g/mol. The summed E-state index contributed by atoms with van der Waals surface area (Å²) in [6, 6.07) is 9.31. The number of carbonyl (C=O) groups excluding carboxylic acids is 2. The minimum absolute atomic E-state index is 0.0405. The van der Waals surface area contributed by atoms with E-state index in [0.29, 0.717) is 53.3 Å². The second-order valence-electron chi connectivity index (χ2n) is 14.5. The number of rotatable bonds is 6. The Hall–Kier alpha value is -2.16. The summed E-state index contributed by atoms with van der Waals surface area (Å²) < 4.78 is 6.00. The molecule has 5 unspecified atom stereocenters. The Kier molecular flexibility index (Phi) is 7.53. The van der Waals surface area contributed by atoms with E-state index in [4.69, 9.17) is 4.74 Å². The van der Waals surface area contributed by atoms with Crippen molar-refractivity contribution in [2.75, 3.05) is 0 Å². The highest BCUT2D eigenvalue weighted by atomic mass is 16.5. The number of allylic oxidation sites excluding steroid dienone is 4. The van der Waals surface area contributed by atoms with E-state index in [2.05, 4.69) is 66.7 Å². The van der Waals surface area contributed by atoms with Gasteiger partial charge in [-0.1, -0.05) is 83.5 Å². The normalized spacial score (nSPS) is 39.5. The van der Waals surface area contributed by atoms with Crippen molar-refractivity contribution in [3.63, 3.8) is 0 Å². The first-order valence-electron chi connectivity index (χ1n) is 15.6. The quantitative estimate of drug-likeness (QED) is 0.272. The van der Waals surface area contributed by atoms with E-state index in [0.717, 1.165) is 25.7 Å². The summed E-state index contributed by atoms with van der Waals surface area (Å²) in [6.07, 6.45) is 14.0. The van der Waals surface area contributed by atoms with Gasteiger partial charge in [-0.05, 0) is 104 Å². The van der Waals surface area contributed by atoms with Gasteiger partial charge in [0, 0.05) is 6.42 Å². The van der Waals surface area contributed by atoms with E-state index in [1.54, 1.807) is 0 Å². The first-order chi connectivity index (χ1) is 18.4. The van der Waals surface area contributed by atoms with Gasteiger partial charge in [0.15, 0.2) is 0 Å². The van der Waals surface area contributed by atoms with Crippen LogP contribution in [0.15, 0.2) is 54.1 Å². The molecule has 0 aromatic heterocycles. The Morgan fingerprint density at radius 1 is 1.00 bits per heavy atom. The highest BCUT2D eigenvalue weighted by Crippen LogP contribution is 2.70. The molecular weight excluding hydrogens is 480 g/mol. The van der Waals surface area contributed by atoms with Crippen molar-refractivity contribution >= 4 is 11.8 Å². The van der Waals surface area contributed by atoms with Gasteiger partial charge >= 0.3 is 5.97 Å². The summed E-state index contributed by atoms with van der Waals surface area (Å²) >= 11 is 0. The number of hydrogen-bond donors (Lipinski definition) is 0. The Balaban J connectivity index is 1.36. The topological polar surface area (TPSA) is 43.4 Å². The van der Waals surface area contributed by atoms with Crippen molar-refractivity contribution in [3.8, 4) is 0 Å². The summed E-state index contributed by atoms with van der Waals surface area (Å²) in [5.74, 6) is 3.34. The third-order valence-electron chi connectivity index (χ3n) is 12.3. The van der Waals surface area contributed by atoms with Gasteiger partial charge in [0.2, 0.25) is 0 Å². The first kappa shape index (κ1) is 28.4. The lowest BCUT2D eigenvalue weighted by Gasteiger charge is -2.62. The van der Waals surface area contributed by atoms with Gasteiger partial charge in [-0.15, -0.1) is 0 Å². The van der Waals surface area contributed by atoms with Crippen molar-refractivity contribution in [2.45, 2.75) is 99.5 Å². The van der Waals surface area contributed by atoms with Gasteiger partial charge in [0.25, 0.3) is 0 Å². The van der Waals surface area contributed by atoms with Crippen molar-refractivity contribution in [1.82, 2.24) is 0 Å². The number of benzene rings is 1. The van der Waals surface area contributed by atoms with Gasteiger partial charge in [0.05, 0.1) is 11.0 Å². The van der Waals surface area contributed by atoms with Crippen molar-refractivity contribution in [2.24, 2.45) is 51.8 Å². The van der Waals surface area contributed by atoms with E-state index in [9.17, 15) is 9.59 Å². The molecule has 0 saturated heterocycles. The number of fused-ring (bicyclic) bond motifs is 5. The molecule has 3 saturated carbocycles. The van der Waals surface area contributed by atoms with Crippen LogP contribution in [0.1, 0.15) is 104 Å². The molecule has 9 atom stereocenters. The maximum atomic E-state index is 14.4. The summed E-state index contributed by atoms with van der Waals surface area (Å²) in [6.45, 7) is 16.4. The van der Waals surface area contributed by atoms with Crippen LogP contribution in [0.25, 0.3) is 0 Å². The number of carbonyl (C=O) groups is 2. The fraction of sp³-hybridized carbons (Fsp3) is 0.667. The molecule has 5 rings (SSSR count). The average molecular weight is 531 g/mol. The molecule has 3 heteroatoms. The van der Waals surface area contributed by atoms with E-state index < -0.39 is 5.41 Å². The number of hydrogen-bond acceptors (Lipinski definition) is 3. The minimum Gasteiger partial charge on any atom is -0.459 e. The average Bonchev–Trinajstić information content (AvgIpc) is 3.25. The van der Waals surface area contributed by atoms with Crippen LogP contribution in [0.4, 0.5) is 0 Å². The Labute approximate surface area is 236 Å². The van der Waals surface area contributed by atoms with Crippen LogP contribution >= 0.6 is 0 Å². The fourth-order valence-electron chi connectivity index (χ4n) is 9.17. The smallest absolute Gasteiger partial charge is 0.338 e. The molecule has 1 aromatic carbocycles. The molecule has 0 heterocycles. The number of esters is 1. The predicted molar refractivity (Wildman–Crippen MR) is 158 cm³/mol. The zero-order valence-corrected chi connectivity index (χ0v) is 25.3. The molecule has 0 N–H and O–H groups in total. The third kappa shape index (κ3) is 4.56. The highest BCUT2D eigenvalue weighted by molar-refractivity contribution is 5.91. The molecule has 39 heavy (non-hydrogen) atoms. The Morgan fingerprint density at radius 3 is 2.41 bits per heavy atom. The molecule has 0 aliphatic heterocycles. The van der Waals surface area contributed by atoms with E-state index in [-0.39, 0.29) is 22.9 Å². The van der Waals surface area contributed by atoms with Gasteiger partial charge < -0.3 is 4.74 Å². The molecule has 0 amide bonds. The lowest BCUT2D eigenvalue weighted by atomic mass is 9.41. The molecule has 0 spiro atoms. The molecule has 0 bridgehead atoms. The summed E-state index contributed by atoms with van der Waals surface area (Å²) in [4.78, 5) is 27.1. The molecule has 0 radical (unpaired) electrons. The van der Waals surface area contributed by atoms with Gasteiger partial charge in [-0.3, -0.25) is 4.79 Å². The maximum Gasteiger partial charge on any atom is 0.338 e. The second kappa shape index (κ2) is 10.3. The lowest BCUT2D eigenvalue weighted by Crippen LogP contribution is -2.60. The Bertz CT molecular complexity index is 1150. The van der Waals surface area contributed by atoms with Crippen LogP contribution in [0.5, 0.6) is 0 Å². The van der Waals surface area contributed by atoms with E-state index in [1.165, 1.54) is 18.4 Å². The van der Waals surface area contributed by atoms with Crippen LogP contribution in [0, 0.1) is 51.8 Å². The second-order valence-corrected chi connectivity index (χ2v) is 14.5. The summed E-state index contributed by atoms with van der Waals surface area (Å²) in [5.41, 5.74) is 1.62. The van der Waals surface area contributed by atoms with Gasteiger partial charge in [-0.25, -0.2) is 4.79 Å². The molecule has 212 valence electrons. The number of ether oxygens (including phenoxy) is 1. The molecule has 3 nitrogen and oxygen atoms in total. The predicted octanol–water partition coefficient (Wildman–Crippen LogP) is 8.84. The third-order valence-corrected chi connectivity index (χ3v) is 12.3. The van der Waals surface area contributed by atoms with Gasteiger partial charge in [-0.2, -0.15) is 0 Å². The standard InChI is InChI=1S/C36H50O3/c1-23(2)24(3)13-14-25(4)29-17-18-30-31-16-15-27-21-28(39-33(38)26-11-9-8-10-12-26)19-20-35(27,6)36(31,7)32(37)22-34(29,30)5/h8-14,16,23-25,27-30H,15,17-22H2,1-7H3/b14-13+/t24-,25+,27-,28?,29?,30?,34?,35?,36+/m0/s1. The fourth-order valence-corrected chi connectivity index (χ4v) is 9.17. The van der Waals surface area contributed by atoms with Crippen molar-refractivity contribution < 1.29 is 14.3 Å². The first-order valence-corrected chi connectivity index (χ1v) is 15.6. The van der Waals surface area contributed by atoms with Crippen LogP contribution in [0.3, 0.4) is 0 Å². The minimum atomic E-state index is -0.408.